The molecule has 3 rings (SSSR count). The van der Waals surface area contributed by atoms with Crippen molar-refractivity contribution in [1.29, 1.82) is 0 Å². The predicted molar refractivity (Wildman–Crippen MR) is 112 cm³/mol. The second-order valence-electron chi connectivity index (χ2n) is 5.92. The summed E-state index contributed by atoms with van der Waals surface area (Å²) in [5, 5.41) is 2.64. The summed E-state index contributed by atoms with van der Waals surface area (Å²) in [4.78, 5) is 13.8. The lowest BCUT2D eigenvalue weighted by molar-refractivity contribution is -0.111. The molecule has 8 heteroatoms. The first-order chi connectivity index (χ1) is 13.3. The number of thiophene rings is 1. The number of carbonyl (C=O) groups is 1. The summed E-state index contributed by atoms with van der Waals surface area (Å²) in [6.07, 6.45) is 4.00. The van der Waals surface area contributed by atoms with Gasteiger partial charge in [-0.25, -0.2) is 12.8 Å². The van der Waals surface area contributed by atoms with Crippen LogP contribution in [0.4, 0.5) is 15.8 Å². The van der Waals surface area contributed by atoms with Gasteiger partial charge in [0.15, 0.2) is 0 Å². The SMILES string of the molecule is CS(=O)(=O)Nc1ccccc1NC(=O)/C=C/c1ccc(-c2ccccc2F)s1. The molecule has 0 spiro atoms. The quantitative estimate of drug-likeness (QED) is 0.578. The molecule has 1 aromatic heterocycles. The maximum absolute atomic E-state index is 13.9. The van der Waals surface area contributed by atoms with Crippen LogP contribution < -0.4 is 10.0 Å². The van der Waals surface area contributed by atoms with Gasteiger partial charge in [-0.05, 0) is 36.4 Å². The molecular formula is C20H17FN2O3S2. The molecule has 1 heterocycles. The maximum atomic E-state index is 13.9. The normalized spacial score (nSPS) is 11.5. The van der Waals surface area contributed by atoms with Crippen molar-refractivity contribution in [2.75, 3.05) is 16.3 Å². The Morgan fingerprint density at radius 1 is 1.00 bits per heavy atom. The highest BCUT2D eigenvalue weighted by atomic mass is 32.2. The number of rotatable bonds is 6. The molecule has 2 N–H and O–H groups in total. The first kappa shape index (κ1) is 19.8. The second kappa shape index (κ2) is 8.37. The van der Waals surface area contributed by atoms with Gasteiger partial charge in [0.2, 0.25) is 15.9 Å². The van der Waals surface area contributed by atoms with Gasteiger partial charge in [-0.15, -0.1) is 11.3 Å². The highest BCUT2D eigenvalue weighted by Gasteiger charge is 2.09. The maximum Gasteiger partial charge on any atom is 0.248 e. The number of amides is 1. The Morgan fingerprint density at radius 3 is 2.39 bits per heavy atom. The fraction of sp³-hybridized carbons (Fsp3) is 0.0500. The minimum absolute atomic E-state index is 0.282. The van der Waals surface area contributed by atoms with E-state index in [2.05, 4.69) is 10.0 Å². The minimum atomic E-state index is -3.47. The zero-order valence-corrected chi connectivity index (χ0v) is 16.5. The number of nitrogens with one attached hydrogen (secondary N) is 2. The molecule has 1 amide bonds. The lowest BCUT2D eigenvalue weighted by Gasteiger charge is -2.10. The molecule has 0 bridgehead atoms. The van der Waals surface area contributed by atoms with E-state index < -0.39 is 15.9 Å². The number of carbonyl (C=O) groups excluding carboxylic acids is 1. The molecular weight excluding hydrogens is 399 g/mol. The van der Waals surface area contributed by atoms with Gasteiger partial charge in [-0.1, -0.05) is 30.3 Å². The second-order valence-corrected chi connectivity index (χ2v) is 8.79. The number of sulfonamides is 1. The molecule has 0 fully saturated rings. The number of hydrogen-bond donors (Lipinski definition) is 2. The largest absolute Gasteiger partial charge is 0.321 e. The third-order valence-electron chi connectivity index (χ3n) is 3.65. The molecule has 28 heavy (non-hydrogen) atoms. The fourth-order valence-corrected chi connectivity index (χ4v) is 3.98. The lowest BCUT2D eigenvalue weighted by Crippen LogP contribution is -2.14. The van der Waals surface area contributed by atoms with Gasteiger partial charge in [-0.3, -0.25) is 9.52 Å². The van der Waals surface area contributed by atoms with Crippen LogP contribution in [-0.2, 0) is 14.8 Å². The van der Waals surface area contributed by atoms with E-state index in [-0.39, 0.29) is 11.5 Å². The van der Waals surface area contributed by atoms with Crippen LogP contribution in [0, 0.1) is 5.82 Å². The van der Waals surface area contributed by atoms with Crippen LogP contribution in [0.15, 0.2) is 66.7 Å². The lowest BCUT2D eigenvalue weighted by atomic mass is 10.2. The van der Waals surface area contributed by atoms with Crippen molar-refractivity contribution in [2.45, 2.75) is 0 Å². The van der Waals surface area contributed by atoms with Crippen LogP contribution in [0.25, 0.3) is 16.5 Å². The van der Waals surface area contributed by atoms with Crippen molar-refractivity contribution in [3.05, 3.63) is 77.4 Å². The molecule has 0 saturated carbocycles. The summed E-state index contributed by atoms with van der Waals surface area (Å²) in [6, 6.07) is 16.6. The summed E-state index contributed by atoms with van der Waals surface area (Å²) < 4.78 is 39.1. The van der Waals surface area contributed by atoms with E-state index in [9.17, 15) is 17.6 Å². The van der Waals surface area contributed by atoms with Crippen molar-refractivity contribution in [1.82, 2.24) is 0 Å². The van der Waals surface area contributed by atoms with Crippen LogP contribution in [0.1, 0.15) is 4.88 Å². The van der Waals surface area contributed by atoms with Gasteiger partial charge in [0.1, 0.15) is 5.82 Å². The Bertz CT molecular complexity index is 1140. The van der Waals surface area contributed by atoms with Gasteiger partial charge in [0, 0.05) is 21.4 Å². The minimum Gasteiger partial charge on any atom is -0.321 e. The van der Waals surface area contributed by atoms with Crippen LogP contribution in [0.5, 0.6) is 0 Å². The van der Waals surface area contributed by atoms with Crippen LogP contribution in [-0.4, -0.2) is 20.6 Å². The topological polar surface area (TPSA) is 75.3 Å². The van der Waals surface area contributed by atoms with Gasteiger partial charge in [0.25, 0.3) is 0 Å². The van der Waals surface area contributed by atoms with Crippen LogP contribution >= 0.6 is 11.3 Å². The molecule has 5 nitrogen and oxygen atoms in total. The van der Waals surface area contributed by atoms with Gasteiger partial charge in [0.05, 0.1) is 17.6 Å². The molecule has 2 aromatic carbocycles. The zero-order chi connectivity index (χ0) is 20.1. The molecule has 144 valence electrons. The molecule has 0 unspecified atom stereocenters. The Labute approximate surface area is 166 Å². The Hall–Kier alpha value is -2.97. The fourth-order valence-electron chi connectivity index (χ4n) is 2.46. The van der Waals surface area contributed by atoms with Gasteiger partial charge < -0.3 is 5.32 Å². The van der Waals surface area contributed by atoms with Crippen molar-refractivity contribution in [3.8, 4) is 10.4 Å². The average Bonchev–Trinajstić information content (AvgIpc) is 3.10. The smallest absolute Gasteiger partial charge is 0.248 e. The molecule has 3 aromatic rings. The number of anilines is 2. The summed E-state index contributed by atoms with van der Waals surface area (Å²) in [5.74, 6) is -0.712. The number of halogens is 1. The molecule has 0 radical (unpaired) electrons. The summed E-state index contributed by atoms with van der Waals surface area (Å²) in [5.41, 5.74) is 1.14. The Balaban J connectivity index is 1.71. The van der Waals surface area contributed by atoms with E-state index in [1.54, 1.807) is 60.7 Å². The number of para-hydroxylation sites is 2. The summed E-state index contributed by atoms with van der Waals surface area (Å²) in [7, 11) is -3.47. The predicted octanol–water partition coefficient (Wildman–Crippen LogP) is 4.58. The number of hydrogen-bond acceptors (Lipinski definition) is 4. The summed E-state index contributed by atoms with van der Waals surface area (Å²) >= 11 is 1.36. The average molecular weight is 416 g/mol. The van der Waals surface area contributed by atoms with Crippen molar-refractivity contribution in [2.24, 2.45) is 0 Å². The summed E-state index contributed by atoms with van der Waals surface area (Å²) in [6.45, 7) is 0. The molecule has 0 aliphatic rings. The molecule has 0 aliphatic heterocycles. The molecule has 0 atom stereocenters. The first-order valence-corrected chi connectivity index (χ1v) is 10.9. The third-order valence-corrected chi connectivity index (χ3v) is 5.32. The van der Waals surface area contributed by atoms with E-state index in [4.69, 9.17) is 0 Å². The highest BCUT2D eigenvalue weighted by molar-refractivity contribution is 7.92. The molecule has 0 saturated heterocycles. The van der Waals surface area contributed by atoms with Crippen molar-refractivity contribution in [3.63, 3.8) is 0 Å². The Kier molecular flexibility index (Phi) is 5.91. The van der Waals surface area contributed by atoms with E-state index in [0.717, 1.165) is 16.0 Å². The first-order valence-electron chi connectivity index (χ1n) is 8.22. The number of benzene rings is 2. The van der Waals surface area contributed by atoms with Crippen LogP contribution in [0.2, 0.25) is 0 Å². The Morgan fingerprint density at radius 2 is 1.68 bits per heavy atom. The highest BCUT2D eigenvalue weighted by Crippen LogP contribution is 2.30. The standard InChI is InChI=1S/C20H17FN2O3S2/c1-28(25,26)23-18-9-5-4-8-17(18)22-20(24)13-11-14-10-12-19(27-14)15-6-2-3-7-16(15)21/h2-13,23H,1H3,(H,22,24)/b13-11+. The molecule has 0 aliphatic carbocycles. The third kappa shape index (κ3) is 5.28. The van der Waals surface area contributed by atoms with E-state index >= 15 is 0 Å². The van der Waals surface area contributed by atoms with E-state index in [1.807, 2.05) is 0 Å². The van der Waals surface area contributed by atoms with E-state index in [1.165, 1.54) is 23.5 Å². The monoisotopic (exact) mass is 416 g/mol. The van der Waals surface area contributed by atoms with Gasteiger partial charge >= 0.3 is 0 Å². The van der Waals surface area contributed by atoms with Crippen molar-refractivity contribution < 1.29 is 17.6 Å². The van der Waals surface area contributed by atoms with Crippen molar-refractivity contribution >= 4 is 44.7 Å². The van der Waals surface area contributed by atoms with Gasteiger partial charge in [-0.2, -0.15) is 0 Å². The van der Waals surface area contributed by atoms with E-state index in [0.29, 0.717) is 11.3 Å². The zero-order valence-electron chi connectivity index (χ0n) is 14.8. The van der Waals surface area contributed by atoms with Crippen LogP contribution in [0.3, 0.4) is 0 Å².